The molecule has 0 aromatic heterocycles. The molecule has 0 amide bonds. The van der Waals surface area contributed by atoms with Gasteiger partial charge in [0.15, 0.2) is 6.10 Å². The second-order valence-corrected chi connectivity index (χ2v) is 25.2. The number of rotatable bonds is 69. The highest BCUT2D eigenvalue weighted by Gasteiger charge is 2.19. The molecule has 0 saturated heterocycles. The predicted octanol–water partition coefficient (Wildman–Crippen LogP) is 25.7. The molecular weight excluding hydrogens is 1020 g/mol. The van der Waals surface area contributed by atoms with Crippen molar-refractivity contribution in [2.75, 3.05) is 13.2 Å². The molecule has 0 rings (SSSR count). The van der Waals surface area contributed by atoms with Crippen molar-refractivity contribution in [3.8, 4) is 0 Å². The maximum absolute atomic E-state index is 13.0. The zero-order valence-corrected chi connectivity index (χ0v) is 56.0. The van der Waals surface area contributed by atoms with Crippen molar-refractivity contribution in [2.24, 2.45) is 0 Å². The van der Waals surface area contributed by atoms with Crippen molar-refractivity contribution in [1.29, 1.82) is 0 Å². The third-order valence-corrected chi connectivity index (χ3v) is 16.8. The van der Waals surface area contributed by atoms with E-state index in [0.29, 0.717) is 19.3 Å². The first-order valence-corrected chi connectivity index (χ1v) is 37.1. The van der Waals surface area contributed by atoms with E-state index in [9.17, 15) is 14.4 Å². The van der Waals surface area contributed by atoms with Gasteiger partial charge in [0, 0.05) is 19.3 Å². The number of ether oxygens (including phenoxy) is 3. The smallest absolute Gasteiger partial charge is 0.306 e. The molecule has 0 aliphatic rings. The summed E-state index contributed by atoms with van der Waals surface area (Å²) in [4.78, 5) is 38.5. The van der Waals surface area contributed by atoms with Crippen LogP contribution < -0.4 is 0 Å². The maximum atomic E-state index is 13.0. The van der Waals surface area contributed by atoms with Crippen molar-refractivity contribution >= 4 is 17.9 Å². The zero-order chi connectivity index (χ0) is 59.9. The van der Waals surface area contributed by atoms with Gasteiger partial charge in [-0.05, 0) is 77.0 Å². The van der Waals surface area contributed by atoms with Gasteiger partial charge in [-0.15, -0.1) is 0 Å². The molecule has 0 heterocycles. The first kappa shape index (κ1) is 80.4. The van der Waals surface area contributed by atoms with Crippen molar-refractivity contribution < 1.29 is 28.6 Å². The van der Waals surface area contributed by atoms with E-state index in [1.54, 1.807) is 0 Å². The van der Waals surface area contributed by atoms with Gasteiger partial charge in [0.1, 0.15) is 13.2 Å². The lowest BCUT2D eigenvalue weighted by Gasteiger charge is -2.18. The van der Waals surface area contributed by atoms with E-state index in [2.05, 4.69) is 69.4 Å². The summed E-state index contributed by atoms with van der Waals surface area (Å²) < 4.78 is 17.0. The average molecular weight is 1160 g/mol. The lowest BCUT2D eigenvalue weighted by atomic mass is 10.0. The van der Waals surface area contributed by atoms with Crippen LogP contribution in [0.5, 0.6) is 0 Å². The minimum Gasteiger partial charge on any atom is -0.462 e. The zero-order valence-electron chi connectivity index (χ0n) is 56.0. The van der Waals surface area contributed by atoms with Gasteiger partial charge in [0.25, 0.3) is 0 Å². The molecule has 83 heavy (non-hydrogen) atoms. The molecule has 6 nitrogen and oxygen atoms in total. The molecule has 0 fully saturated rings. The van der Waals surface area contributed by atoms with E-state index in [0.717, 1.165) is 96.3 Å². The fraction of sp³-hybridized carbons (Fsp3) is 0.857. The average Bonchev–Trinajstić information content (AvgIpc) is 3.49. The SMILES string of the molecule is CC/C=C\C/C=C\C/C=C\CCCCCCCC(=O)OCC(COC(=O)CCCCCCCCCCCCCCCCC/C=C\CCCCCCCCCC)OC(=O)CCCCCCCCCCCCCCCCCCCCCCCCC. The second-order valence-electron chi connectivity index (χ2n) is 25.2. The normalized spacial score (nSPS) is 12.3. The van der Waals surface area contributed by atoms with Crippen LogP contribution in [0, 0.1) is 0 Å². The van der Waals surface area contributed by atoms with E-state index in [1.165, 1.54) is 270 Å². The Morgan fingerprint density at radius 2 is 0.470 bits per heavy atom. The van der Waals surface area contributed by atoms with Crippen LogP contribution in [0.3, 0.4) is 0 Å². The number of hydrogen-bond donors (Lipinski definition) is 0. The first-order chi connectivity index (χ1) is 41.0. The van der Waals surface area contributed by atoms with Crippen LogP contribution in [0.4, 0.5) is 0 Å². The summed E-state index contributed by atoms with van der Waals surface area (Å²) in [7, 11) is 0. The Hall–Kier alpha value is -2.63. The van der Waals surface area contributed by atoms with E-state index in [-0.39, 0.29) is 31.1 Å². The summed E-state index contributed by atoms with van der Waals surface area (Å²) in [6.07, 6.45) is 91.6. The number of carbonyl (C=O) groups excluding carboxylic acids is 3. The largest absolute Gasteiger partial charge is 0.462 e. The molecule has 0 aromatic rings. The molecule has 0 N–H and O–H groups in total. The van der Waals surface area contributed by atoms with Gasteiger partial charge in [-0.3, -0.25) is 14.4 Å². The van der Waals surface area contributed by atoms with Gasteiger partial charge < -0.3 is 14.2 Å². The van der Waals surface area contributed by atoms with Crippen molar-refractivity contribution in [2.45, 2.75) is 412 Å². The van der Waals surface area contributed by atoms with Crippen LogP contribution >= 0.6 is 0 Å². The Bertz CT molecular complexity index is 1430. The minimum atomic E-state index is -0.780. The summed E-state index contributed by atoms with van der Waals surface area (Å²) in [5.74, 6) is -0.861. The van der Waals surface area contributed by atoms with Crippen LogP contribution in [0.2, 0.25) is 0 Å². The Labute approximate surface area is 518 Å². The summed E-state index contributed by atoms with van der Waals surface area (Å²) in [6, 6.07) is 0. The van der Waals surface area contributed by atoms with Gasteiger partial charge in [-0.1, -0.05) is 358 Å². The molecule has 486 valence electrons. The molecule has 1 atom stereocenters. The molecule has 1 unspecified atom stereocenters. The van der Waals surface area contributed by atoms with Crippen LogP contribution in [-0.2, 0) is 28.6 Å². The summed E-state index contributed by atoms with van der Waals surface area (Å²) >= 11 is 0. The minimum absolute atomic E-state index is 0.0738. The summed E-state index contributed by atoms with van der Waals surface area (Å²) in [5, 5.41) is 0. The summed E-state index contributed by atoms with van der Waals surface area (Å²) in [5.41, 5.74) is 0. The summed E-state index contributed by atoms with van der Waals surface area (Å²) in [6.45, 7) is 6.59. The van der Waals surface area contributed by atoms with Gasteiger partial charge in [-0.25, -0.2) is 0 Å². The Kier molecular flexibility index (Phi) is 69.6. The van der Waals surface area contributed by atoms with E-state index < -0.39 is 6.10 Å². The molecular formula is C77H142O6. The van der Waals surface area contributed by atoms with Crippen molar-refractivity contribution in [3.63, 3.8) is 0 Å². The monoisotopic (exact) mass is 1160 g/mol. The van der Waals surface area contributed by atoms with Crippen LogP contribution in [-0.4, -0.2) is 37.2 Å². The number of hydrogen-bond acceptors (Lipinski definition) is 6. The highest BCUT2D eigenvalue weighted by molar-refractivity contribution is 5.71. The number of carbonyl (C=O) groups is 3. The standard InChI is InChI=1S/C77H142O6/c1-4-7-10-13-16-19-22-25-28-30-32-34-36-37-38-39-41-42-44-46-49-52-55-58-61-64-67-70-76(79)82-73-74(72-81-75(78)69-66-63-60-57-54-51-48-27-24-21-18-15-12-9-6-3)83-77(80)71-68-65-62-59-56-53-50-47-45-43-40-35-33-31-29-26-23-20-17-14-11-8-5-2/h9,12,18,21,27,30,32,48,74H,4-8,10-11,13-17,19-20,22-26,28-29,31,33-47,49-73H2,1-3H3/b12-9-,21-18-,32-30-,48-27-. The third kappa shape index (κ3) is 70.0. The topological polar surface area (TPSA) is 78.9 Å². The number of unbranched alkanes of at least 4 members (excludes halogenated alkanes) is 50. The van der Waals surface area contributed by atoms with E-state index in [1.807, 2.05) is 0 Å². The maximum Gasteiger partial charge on any atom is 0.306 e. The first-order valence-electron chi connectivity index (χ1n) is 37.1. The predicted molar refractivity (Wildman–Crippen MR) is 362 cm³/mol. The second kappa shape index (κ2) is 71.8. The molecule has 0 bridgehead atoms. The molecule has 0 aromatic carbocycles. The quantitative estimate of drug-likeness (QED) is 0.0261. The highest BCUT2D eigenvalue weighted by atomic mass is 16.6. The van der Waals surface area contributed by atoms with Crippen LogP contribution in [0.1, 0.15) is 406 Å². The van der Waals surface area contributed by atoms with Gasteiger partial charge >= 0.3 is 17.9 Å². The van der Waals surface area contributed by atoms with Crippen LogP contribution in [0.15, 0.2) is 48.6 Å². The third-order valence-electron chi connectivity index (χ3n) is 16.8. The van der Waals surface area contributed by atoms with E-state index >= 15 is 0 Å². The Morgan fingerprint density at radius 1 is 0.253 bits per heavy atom. The van der Waals surface area contributed by atoms with Crippen molar-refractivity contribution in [1.82, 2.24) is 0 Å². The molecule has 6 heteroatoms. The molecule has 0 aliphatic carbocycles. The van der Waals surface area contributed by atoms with Gasteiger partial charge in [0.05, 0.1) is 0 Å². The lowest BCUT2D eigenvalue weighted by Crippen LogP contribution is -2.30. The van der Waals surface area contributed by atoms with Gasteiger partial charge in [-0.2, -0.15) is 0 Å². The molecule has 0 radical (unpaired) electrons. The fourth-order valence-electron chi connectivity index (χ4n) is 11.3. The van der Waals surface area contributed by atoms with Crippen molar-refractivity contribution in [3.05, 3.63) is 48.6 Å². The highest BCUT2D eigenvalue weighted by Crippen LogP contribution is 2.19. The van der Waals surface area contributed by atoms with Gasteiger partial charge in [0.2, 0.25) is 0 Å². The Balaban J connectivity index is 4.24. The number of esters is 3. The van der Waals surface area contributed by atoms with E-state index in [4.69, 9.17) is 14.2 Å². The fourth-order valence-corrected chi connectivity index (χ4v) is 11.3. The Morgan fingerprint density at radius 3 is 0.747 bits per heavy atom. The lowest BCUT2D eigenvalue weighted by molar-refractivity contribution is -0.167. The van der Waals surface area contributed by atoms with Crippen LogP contribution in [0.25, 0.3) is 0 Å². The molecule has 0 aliphatic heterocycles. The number of allylic oxidation sites excluding steroid dienone is 8. The molecule has 0 saturated carbocycles. The molecule has 0 spiro atoms.